The number of aromatic nitrogens is 2. The summed E-state index contributed by atoms with van der Waals surface area (Å²) in [5, 5.41) is 0. The monoisotopic (exact) mass is 374 g/mol. The Kier molecular flexibility index (Phi) is 3.97. The highest BCUT2D eigenvalue weighted by Gasteiger charge is 2.07. The minimum atomic E-state index is -0.341. The number of nitrogens with zero attached hydrogens (tertiary/aromatic N) is 2. The Morgan fingerprint density at radius 1 is 1.33 bits per heavy atom. The van der Waals surface area contributed by atoms with Crippen molar-refractivity contribution in [1.82, 2.24) is 9.55 Å². The molecule has 0 aliphatic rings. The molecular formula is C12H9Br2FN2O. The van der Waals surface area contributed by atoms with Crippen LogP contribution in [0.1, 0.15) is 11.3 Å². The smallest absolute Gasteiger partial charge is 0.268 e. The van der Waals surface area contributed by atoms with Crippen molar-refractivity contribution in [3.63, 3.8) is 0 Å². The van der Waals surface area contributed by atoms with Crippen LogP contribution in [0.15, 0.2) is 38.3 Å². The average Bonchev–Trinajstić information content (AvgIpc) is 2.29. The Balaban J connectivity index is 2.40. The molecule has 0 amide bonds. The molecule has 2 aromatic rings. The summed E-state index contributed by atoms with van der Waals surface area (Å²) in [7, 11) is 0. The van der Waals surface area contributed by atoms with Crippen LogP contribution in [-0.4, -0.2) is 9.55 Å². The second-order valence-corrected chi connectivity index (χ2v) is 5.56. The Morgan fingerprint density at radius 3 is 2.72 bits per heavy atom. The highest BCUT2D eigenvalue weighted by Crippen LogP contribution is 2.15. The lowest BCUT2D eigenvalue weighted by Crippen LogP contribution is -2.22. The predicted octanol–water partition coefficient (Wildman–Crippen LogP) is 3.26. The molecule has 1 aromatic carbocycles. The maximum Gasteiger partial charge on any atom is 0.268 e. The van der Waals surface area contributed by atoms with Gasteiger partial charge in [0.2, 0.25) is 0 Å². The lowest BCUT2D eigenvalue weighted by atomic mass is 10.2. The summed E-state index contributed by atoms with van der Waals surface area (Å²) >= 11 is 6.41. The molecule has 0 aliphatic heterocycles. The molecule has 3 nitrogen and oxygen atoms in total. The quantitative estimate of drug-likeness (QED) is 0.807. The van der Waals surface area contributed by atoms with Crippen molar-refractivity contribution < 1.29 is 4.39 Å². The zero-order chi connectivity index (χ0) is 13.3. The van der Waals surface area contributed by atoms with Gasteiger partial charge in [0.1, 0.15) is 10.3 Å². The summed E-state index contributed by atoms with van der Waals surface area (Å²) in [5.41, 5.74) is 1.15. The van der Waals surface area contributed by atoms with Crippen LogP contribution in [0.3, 0.4) is 0 Å². The molecular weight excluding hydrogens is 367 g/mol. The van der Waals surface area contributed by atoms with Gasteiger partial charge in [-0.05, 0) is 46.6 Å². The van der Waals surface area contributed by atoms with E-state index in [2.05, 4.69) is 36.8 Å². The molecule has 0 unspecified atom stereocenters. The van der Waals surface area contributed by atoms with E-state index in [1.165, 1.54) is 23.0 Å². The highest BCUT2D eigenvalue weighted by atomic mass is 79.9. The van der Waals surface area contributed by atoms with Gasteiger partial charge >= 0.3 is 0 Å². The number of hydrogen-bond acceptors (Lipinski definition) is 2. The molecule has 94 valence electrons. The van der Waals surface area contributed by atoms with Gasteiger partial charge in [0.05, 0.1) is 18.6 Å². The minimum Gasteiger partial charge on any atom is -0.294 e. The number of aryl methyl sites for hydroxylation is 1. The molecule has 0 spiro atoms. The van der Waals surface area contributed by atoms with Crippen molar-refractivity contribution in [3.05, 3.63) is 60.9 Å². The number of hydrogen-bond donors (Lipinski definition) is 0. The summed E-state index contributed by atoms with van der Waals surface area (Å²) in [6.07, 6.45) is 1.46. The van der Waals surface area contributed by atoms with E-state index in [4.69, 9.17) is 0 Å². The maximum atomic E-state index is 13.2. The summed E-state index contributed by atoms with van der Waals surface area (Å²) in [5.74, 6) is -0.341. The third-order valence-electron chi connectivity index (χ3n) is 2.43. The highest BCUT2D eigenvalue weighted by molar-refractivity contribution is 9.10. The molecule has 6 heteroatoms. The second-order valence-electron chi connectivity index (χ2n) is 3.85. The molecule has 18 heavy (non-hydrogen) atoms. The number of halogens is 3. The summed E-state index contributed by atoms with van der Waals surface area (Å²) in [6.45, 7) is 2.02. The van der Waals surface area contributed by atoms with Crippen molar-refractivity contribution in [2.45, 2.75) is 13.5 Å². The fraction of sp³-hybridized carbons (Fsp3) is 0.167. The van der Waals surface area contributed by atoms with E-state index in [0.29, 0.717) is 20.2 Å². The first-order valence-electron chi connectivity index (χ1n) is 5.14. The van der Waals surface area contributed by atoms with Crippen molar-refractivity contribution in [1.29, 1.82) is 0 Å². The van der Waals surface area contributed by atoms with Crippen LogP contribution in [0, 0.1) is 12.7 Å². The number of benzene rings is 1. The molecule has 0 fully saturated rings. The predicted molar refractivity (Wildman–Crippen MR) is 74.1 cm³/mol. The fourth-order valence-corrected chi connectivity index (χ4v) is 2.40. The Bertz CT molecular complexity index is 635. The van der Waals surface area contributed by atoms with Gasteiger partial charge in [-0.15, -0.1) is 0 Å². The first-order valence-corrected chi connectivity index (χ1v) is 6.72. The Hall–Kier alpha value is -1.01. The molecule has 0 radical (unpaired) electrons. The zero-order valence-corrected chi connectivity index (χ0v) is 12.6. The molecule has 1 aromatic heterocycles. The van der Waals surface area contributed by atoms with Crippen molar-refractivity contribution >= 4 is 31.9 Å². The molecule has 0 bridgehead atoms. The minimum absolute atomic E-state index is 0.178. The van der Waals surface area contributed by atoms with Gasteiger partial charge in [0, 0.05) is 4.47 Å². The van der Waals surface area contributed by atoms with E-state index in [1.807, 2.05) is 0 Å². The van der Waals surface area contributed by atoms with E-state index in [-0.39, 0.29) is 17.9 Å². The van der Waals surface area contributed by atoms with Gasteiger partial charge in [-0.3, -0.25) is 9.36 Å². The van der Waals surface area contributed by atoms with E-state index in [9.17, 15) is 9.18 Å². The van der Waals surface area contributed by atoms with Crippen LogP contribution >= 0.6 is 31.9 Å². The van der Waals surface area contributed by atoms with Crippen molar-refractivity contribution in [2.75, 3.05) is 0 Å². The van der Waals surface area contributed by atoms with Crippen molar-refractivity contribution in [2.24, 2.45) is 0 Å². The van der Waals surface area contributed by atoms with Crippen LogP contribution in [0.25, 0.3) is 0 Å². The molecule has 0 atom stereocenters. The van der Waals surface area contributed by atoms with Crippen LogP contribution in [0.4, 0.5) is 4.39 Å². The molecule has 0 saturated carbocycles. The summed E-state index contributed by atoms with van der Waals surface area (Å²) in [6, 6.07) is 4.53. The van der Waals surface area contributed by atoms with Crippen LogP contribution in [0.2, 0.25) is 0 Å². The maximum absolute atomic E-state index is 13.2. The van der Waals surface area contributed by atoms with Crippen LogP contribution in [0.5, 0.6) is 0 Å². The van der Waals surface area contributed by atoms with E-state index >= 15 is 0 Å². The topological polar surface area (TPSA) is 34.9 Å². The fourth-order valence-electron chi connectivity index (χ4n) is 1.56. The molecule has 0 aliphatic carbocycles. The van der Waals surface area contributed by atoms with Crippen LogP contribution in [-0.2, 0) is 6.54 Å². The third kappa shape index (κ3) is 2.87. The summed E-state index contributed by atoms with van der Waals surface area (Å²) in [4.78, 5) is 16.0. The SMILES string of the molecule is Cc1ncn(Cc2cc(F)cc(Br)c2)c(=O)c1Br. The zero-order valence-electron chi connectivity index (χ0n) is 9.45. The standard InChI is InChI=1S/C12H9Br2FN2O/c1-7-11(14)12(18)17(6-16-7)5-8-2-9(13)4-10(15)3-8/h2-4,6H,5H2,1H3. The number of rotatable bonds is 2. The van der Waals surface area contributed by atoms with E-state index in [0.717, 1.165) is 0 Å². The molecule has 2 rings (SSSR count). The Morgan fingerprint density at radius 2 is 2.06 bits per heavy atom. The first kappa shape index (κ1) is 13.4. The lowest BCUT2D eigenvalue weighted by molar-refractivity contribution is 0.621. The van der Waals surface area contributed by atoms with Crippen LogP contribution < -0.4 is 5.56 Å². The van der Waals surface area contributed by atoms with Gasteiger partial charge in [-0.1, -0.05) is 15.9 Å². The molecule has 0 N–H and O–H groups in total. The lowest BCUT2D eigenvalue weighted by Gasteiger charge is -2.07. The van der Waals surface area contributed by atoms with Gasteiger partial charge < -0.3 is 0 Å². The normalized spacial score (nSPS) is 10.7. The molecule has 0 saturated heterocycles. The first-order chi connectivity index (χ1) is 8.47. The van der Waals surface area contributed by atoms with Gasteiger partial charge in [-0.2, -0.15) is 0 Å². The average molecular weight is 376 g/mol. The van der Waals surface area contributed by atoms with Gasteiger partial charge in [0.15, 0.2) is 0 Å². The van der Waals surface area contributed by atoms with E-state index in [1.54, 1.807) is 13.0 Å². The van der Waals surface area contributed by atoms with Crippen molar-refractivity contribution in [3.8, 4) is 0 Å². The third-order valence-corrected chi connectivity index (χ3v) is 3.80. The largest absolute Gasteiger partial charge is 0.294 e. The van der Waals surface area contributed by atoms with Gasteiger partial charge in [0.25, 0.3) is 5.56 Å². The Labute approximate surface area is 120 Å². The molecule has 1 heterocycles. The second kappa shape index (κ2) is 5.32. The van der Waals surface area contributed by atoms with E-state index < -0.39 is 0 Å². The summed E-state index contributed by atoms with van der Waals surface area (Å²) < 4.78 is 15.7. The van der Waals surface area contributed by atoms with Gasteiger partial charge in [-0.25, -0.2) is 9.37 Å².